The Hall–Kier alpha value is -7.50. The van der Waals surface area contributed by atoms with E-state index in [4.69, 9.17) is 0 Å². The first-order chi connectivity index (χ1) is 30.8. The first kappa shape index (κ1) is 36.4. The number of fused-ring (bicyclic) bond motifs is 7. The molecule has 292 valence electrons. The molecule has 0 N–H and O–H groups in total. The largest absolute Gasteiger partial charge is 0.309 e. The van der Waals surface area contributed by atoms with Crippen LogP contribution in [-0.2, 0) is 0 Å². The summed E-state index contributed by atoms with van der Waals surface area (Å²) in [5, 5.41) is 7.48. The van der Waals surface area contributed by atoms with E-state index >= 15 is 0 Å². The number of hydrogen-bond donors (Lipinski definition) is 0. The average Bonchev–Trinajstić information content (AvgIpc) is 3.92. The molecule has 4 heteroatoms. The van der Waals surface area contributed by atoms with Crippen LogP contribution in [0.2, 0.25) is 0 Å². The third-order valence-corrected chi connectivity index (χ3v) is 14.4. The lowest BCUT2D eigenvalue weighted by Gasteiger charge is -2.30. The molecule has 0 bridgehead atoms. The fourth-order valence-electron chi connectivity index (χ4n) is 9.21. The number of rotatable bonds is 8. The van der Waals surface area contributed by atoms with Gasteiger partial charge in [-0.1, -0.05) is 158 Å². The van der Waals surface area contributed by atoms with Gasteiger partial charge in [0.05, 0.1) is 26.5 Å². The molecule has 0 aliphatic carbocycles. The quantitative estimate of drug-likeness (QED) is 0.151. The molecule has 0 amide bonds. The number of hydrogen-bond acceptors (Lipinski definition) is 4. The Morgan fingerprint density at radius 3 is 1.29 bits per heavy atom. The van der Waals surface area contributed by atoms with Gasteiger partial charge in [-0.2, -0.15) is 0 Å². The molecule has 12 aromatic rings. The summed E-state index contributed by atoms with van der Waals surface area (Å²) in [6.07, 6.45) is 0. The highest BCUT2D eigenvalue weighted by atomic mass is 32.1. The number of nitrogens with zero attached hydrogens (tertiary/aromatic N) is 2. The van der Waals surface area contributed by atoms with Crippen LogP contribution in [-0.4, -0.2) is 0 Å². The third kappa shape index (κ3) is 6.15. The van der Waals surface area contributed by atoms with Gasteiger partial charge in [-0.05, 0) is 100 Å². The van der Waals surface area contributed by atoms with Crippen molar-refractivity contribution < 1.29 is 0 Å². The lowest BCUT2D eigenvalue weighted by atomic mass is 9.91. The predicted octanol–water partition coefficient (Wildman–Crippen LogP) is 17.8. The molecule has 0 radical (unpaired) electrons. The van der Waals surface area contributed by atoms with Crippen molar-refractivity contribution in [3.8, 4) is 22.3 Å². The summed E-state index contributed by atoms with van der Waals surface area (Å²) in [5.41, 5.74) is 11.5. The third-order valence-electron chi connectivity index (χ3n) is 12.0. The molecule has 0 unspecified atom stereocenters. The Bertz CT molecular complexity index is 3580. The van der Waals surface area contributed by atoms with Crippen molar-refractivity contribution in [2.45, 2.75) is 0 Å². The number of anilines is 6. The molecular formula is C58H38N2S2. The fourth-order valence-corrected chi connectivity index (χ4v) is 11.6. The second-order valence-corrected chi connectivity index (χ2v) is 17.8. The summed E-state index contributed by atoms with van der Waals surface area (Å²) in [6.45, 7) is 0. The van der Waals surface area contributed by atoms with Gasteiger partial charge in [0, 0.05) is 53.6 Å². The van der Waals surface area contributed by atoms with Crippen LogP contribution in [0.15, 0.2) is 231 Å². The molecule has 10 aromatic carbocycles. The molecule has 0 aliphatic heterocycles. The van der Waals surface area contributed by atoms with E-state index in [2.05, 4.69) is 240 Å². The topological polar surface area (TPSA) is 6.48 Å². The highest BCUT2D eigenvalue weighted by molar-refractivity contribution is 7.26. The normalized spacial score (nSPS) is 11.5. The molecular weight excluding hydrogens is 789 g/mol. The van der Waals surface area contributed by atoms with Crippen LogP contribution >= 0.6 is 22.7 Å². The van der Waals surface area contributed by atoms with E-state index in [0.29, 0.717) is 0 Å². The van der Waals surface area contributed by atoms with Crippen LogP contribution in [0.1, 0.15) is 0 Å². The standard InChI is InChI=1S/C58H38N2S2/c1-5-19-39(20-6-1)49-37-44(59(42-23-9-3-10-24-42)52-31-17-29-47-45-27-13-15-33-55(45)61-57(47)52)35-41-36-54(51(38-50(41)49)40-21-7-2-8-22-40)60(43-25-11-4-12-26-43)53-32-18-30-48-46-28-14-16-34-56(46)62-58(48)53/h1-38H. The molecule has 0 saturated heterocycles. The Balaban J connectivity index is 1.18. The lowest BCUT2D eigenvalue weighted by Crippen LogP contribution is -2.12. The molecule has 62 heavy (non-hydrogen) atoms. The predicted molar refractivity (Wildman–Crippen MR) is 270 cm³/mol. The molecule has 0 aliphatic rings. The van der Waals surface area contributed by atoms with E-state index in [1.807, 2.05) is 22.7 Å². The molecule has 2 nitrogen and oxygen atoms in total. The van der Waals surface area contributed by atoms with Crippen molar-refractivity contribution in [3.05, 3.63) is 231 Å². The minimum atomic E-state index is 1.10. The van der Waals surface area contributed by atoms with Crippen LogP contribution in [0.4, 0.5) is 34.1 Å². The maximum absolute atomic E-state index is 2.49. The van der Waals surface area contributed by atoms with Gasteiger partial charge in [0.1, 0.15) is 0 Å². The van der Waals surface area contributed by atoms with E-state index in [-0.39, 0.29) is 0 Å². The number of thiophene rings is 2. The Kier molecular flexibility index (Phi) is 8.91. The zero-order valence-corrected chi connectivity index (χ0v) is 35.3. The van der Waals surface area contributed by atoms with Gasteiger partial charge in [0.25, 0.3) is 0 Å². The summed E-state index contributed by atoms with van der Waals surface area (Å²) < 4.78 is 5.11. The van der Waals surface area contributed by atoms with Crippen molar-refractivity contribution in [2.24, 2.45) is 0 Å². The van der Waals surface area contributed by atoms with Gasteiger partial charge >= 0.3 is 0 Å². The lowest BCUT2D eigenvalue weighted by molar-refractivity contribution is 1.30. The second kappa shape index (κ2) is 15.2. The van der Waals surface area contributed by atoms with Crippen LogP contribution in [0.5, 0.6) is 0 Å². The van der Waals surface area contributed by atoms with Crippen molar-refractivity contribution in [1.29, 1.82) is 0 Å². The van der Waals surface area contributed by atoms with Crippen LogP contribution in [0, 0.1) is 0 Å². The van der Waals surface area contributed by atoms with Crippen molar-refractivity contribution >= 4 is 108 Å². The molecule has 2 aromatic heterocycles. The highest BCUT2D eigenvalue weighted by Crippen LogP contribution is 2.51. The van der Waals surface area contributed by atoms with Gasteiger partial charge in [-0.3, -0.25) is 0 Å². The summed E-state index contributed by atoms with van der Waals surface area (Å²) in [5.74, 6) is 0. The van der Waals surface area contributed by atoms with Crippen molar-refractivity contribution in [1.82, 2.24) is 0 Å². The van der Waals surface area contributed by atoms with Crippen LogP contribution < -0.4 is 9.80 Å². The first-order valence-corrected chi connectivity index (χ1v) is 22.6. The van der Waals surface area contributed by atoms with E-state index in [9.17, 15) is 0 Å². The van der Waals surface area contributed by atoms with Crippen molar-refractivity contribution in [3.63, 3.8) is 0 Å². The van der Waals surface area contributed by atoms with E-state index in [1.54, 1.807) is 0 Å². The van der Waals surface area contributed by atoms with E-state index in [0.717, 1.165) is 39.5 Å². The van der Waals surface area contributed by atoms with Crippen molar-refractivity contribution in [2.75, 3.05) is 9.80 Å². The molecule has 0 spiro atoms. The minimum absolute atomic E-state index is 1.10. The molecule has 0 atom stereocenters. The second-order valence-electron chi connectivity index (χ2n) is 15.7. The van der Waals surface area contributed by atoms with Gasteiger partial charge in [-0.25, -0.2) is 0 Å². The molecule has 0 saturated carbocycles. The minimum Gasteiger partial charge on any atom is -0.309 e. The first-order valence-electron chi connectivity index (χ1n) is 21.0. The average molecular weight is 827 g/mol. The van der Waals surface area contributed by atoms with Crippen LogP contribution in [0.3, 0.4) is 0 Å². The smallest absolute Gasteiger partial charge is 0.0640 e. The van der Waals surface area contributed by atoms with Crippen LogP contribution in [0.25, 0.3) is 73.4 Å². The fraction of sp³-hybridized carbons (Fsp3) is 0. The number of benzene rings is 10. The monoisotopic (exact) mass is 826 g/mol. The highest BCUT2D eigenvalue weighted by Gasteiger charge is 2.25. The summed E-state index contributed by atoms with van der Waals surface area (Å²) in [7, 11) is 0. The van der Waals surface area contributed by atoms with Gasteiger partial charge in [-0.15, -0.1) is 22.7 Å². The van der Waals surface area contributed by atoms with Gasteiger partial charge in [0.2, 0.25) is 0 Å². The molecule has 12 rings (SSSR count). The Morgan fingerprint density at radius 2 is 0.726 bits per heavy atom. The zero-order chi connectivity index (χ0) is 41.0. The Labute approximate surface area is 368 Å². The number of para-hydroxylation sites is 2. The van der Waals surface area contributed by atoms with E-state index < -0.39 is 0 Å². The SMILES string of the molecule is c1ccc(-c2cc3c(-c4ccccc4)cc(N(c4ccccc4)c4cccc5c4sc4ccccc45)cc3cc2N(c2ccccc2)c2cccc3c2sc2ccccc23)cc1. The molecule has 2 heterocycles. The zero-order valence-electron chi connectivity index (χ0n) is 33.7. The molecule has 0 fully saturated rings. The van der Waals surface area contributed by atoms with Gasteiger partial charge in [0.15, 0.2) is 0 Å². The maximum atomic E-state index is 2.49. The van der Waals surface area contributed by atoms with E-state index in [1.165, 1.54) is 68.0 Å². The van der Waals surface area contributed by atoms with Gasteiger partial charge < -0.3 is 9.80 Å². The summed E-state index contributed by atoms with van der Waals surface area (Å²) in [6, 6.07) is 84.3. The summed E-state index contributed by atoms with van der Waals surface area (Å²) in [4.78, 5) is 4.95. The Morgan fingerprint density at radius 1 is 0.274 bits per heavy atom. The summed E-state index contributed by atoms with van der Waals surface area (Å²) >= 11 is 3.73. The maximum Gasteiger partial charge on any atom is 0.0640 e.